The average Bonchev–Trinajstić information content (AvgIpc) is 3.04. The largest absolute Gasteiger partial charge is 0.377 e. The van der Waals surface area contributed by atoms with Crippen molar-refractivity contribution in [2.75, 3.05) is 0 Å². The molecule has 0 bridgehead atoms. The van der Waals surface area contributed by atoms with Crippen LogP contribution in [0, 0.1) is 0 Å². The summed E-state index contributed by atoms with van der Waals surface area (Å²) in [6.45, 7) is 4.36. The summed E-state index contributed by atoms with van der Waals surface area (Å²) in [7, 11) is 0. The quantitative estimate of drug-likeness (QED) is 0.408. The van der Waals surface area contributed by atoms with Crippen molar-refractivity contribution in [3.8, 4) is 0 Å². The second-order valence-corrected chi connectivity index (χ2v) is 7.09. The molecule has 0 aliphatic rings. The first-order valence-corrected chi connectivity index (χ1v) is 9.26. The van der Waals surface area contributed by atoms with Gasteiger partial charge in [0.05, 0.1) is 6.21 Å². The number of hydrogen-bond acceptors (Lipinski definition) is 3. The van der Waals surface area contributed by atoms with Crippen molar-refractivity contribution in [1.82, 2.24) is 4.57 Å². The smallest absolute Gasteiger partial charge is 0.180 e. The first-order valence-electron chi connectivity index (χ1n) is 8.27. The van der Waals surface area contributed by atoms with E-state index in [9.17, 15) is 0 Å². The Bertz CT molecular complexity index is 894. The molecule has 2 aromatic carbocycles. The second-order valence-electron chi connectivity index (χ2n) is 6.09. The van der Waals surface area contributed by atoms with Gasteiger partial charge in [-0.3, -0.25) is 0 Å². The van der Waals surface area contributed by atoms with Crippen LogP contribution in [0.25, 0.3) is 10.9 Å². The fraction of sp³-hybridized carbons (Fsp3) is 0.200. The summed E-state index contributed by atoms with van der Waals surface area (Å²) in [6.07, 6.45) is 3.86. The average molecular weight is 350 g/mol. The fourth-order valence-corrected chi connectivity index (χ4v) is 3.24. The van der Waals surface area contributed by atoms with Crippen LogP contribution in [0.2, 0.25) is 0 Å². The van der Waals surface area contributed by atoms with E-state index >= 15 is 0 Å². The lowest BCUT2D eigenvalue weighted by Gasteiger charge is -2.08. The molecule has 0 unspecified atom stereocenters. The van der Waals surface area contributed by atoms with E-state index < -0.39 is 0 Å². The molecule has 2 N–H and O–H groups in total. The van der Waals surface area contributed by atoms with Gasteiger partial charge in [-0.25, -0.2) is 0 Å². The minimum absolute atomic E-state index is 0.447. The normalized spacial score (nSPS) is 12.5. The molecule has 128 valence electrons. The van der Waals surface area contributed by atoms with Gasteiger partial charge < -0.3 is 10.3 Å². The summed E-state index contributed by atoms with van der Waals surface area (Å²) in [5, 5.41) is 9.85. The Morgan fingerprint density at radius 3 is 2.72 bits per heavy atom. The molecule has 3 aromatic rings. The molecular formula is C20H22N4S. The number of aromatic nitrogens is 1. The molecule has 0 aliphatic carbocycles. The third-order valence-corrected chi connectivity index (χ3v) is 4.75. The van der Waals surface area contributed by atoms with Crippen LogP contribution in [0.1, 0.15) is 31.0 Å². The number of fused-ring (bicyclic) bond motifs is 1. The molecule has 3 rings (SSSR count). The Balaban J connectivity index is 1.64. The van der Waals surface area contributed by atoms with Crippen molar-refractivity contribution >= 4 is 34.0 Å². The Labute approximate surface area is 152 Å². The number of amidine groups is 1. The van der Waals surface area contributed by atoms with E-state index in [1.165, 1.54) is 28.2 Å². The maximum atomic E-state index is 5.91. The van der Waals surface area contributed by atoms with E-state index in [0.717, 1.165) is 11.3 Å². The summed E-state index contributed by atoms with van der Waals surface area (Å²) < 4.78 is 2.26. The highest BCUT2D eigenvalue weighted by Gasteiger charge is 2.04. The van der Waals surface area contributed by atoms with Gasteiger partial charge in [0.25, 0.3) is 0 Å². The van der Waals surface area contributed by atoms with Crippen LogP contribution in [-0.2, 0) is 5.75 Å². The second kappa shape index (κ2) is 8.03. The summed E-state index contributed by atoms with van der Waals surface area (Å²) >= 11 is 1.48. The predicted molar refractivity (Wildman–Crippen MR) is 109 cm³/mol. The molecule has 25 heavy (non-hydrogen) atoms. The van der Waals surface area contributed by atoms with Crippen LogP contribution in [0.15, 0.2) is 71.0 Å². The van der Waals surface area contributed by atoms with E-state index in [4.69, 9.17) is 5.73 Å². The molecule has 4 nitrogen and oxygen atoms in total. The van der Waals surface area contributed by atoms with Gasteiger partial charge in [0.15, 0.2) is 5.17 Å². The van der Waals surface area contributed by atoms with Crippen molar-refractivity contribution in [3.63, 3.8) is 0 Å². The van der Waals surface area contributed by atoms with Gasteiger partial charge in [0.1, 0.15) is 0 Å². The summed E-state index contributed by atoms with van der Waals surface area (Å²) in [4.78, 5) is 0. The molecule has 1 aromatic heterocycles. The van der Waals surface area contributed by atoms with E-state index in [2.05, 4.69) is 65.1 Å². The highest BCUT2D eigenvalue weighted by Crippen LogP contribution is 2.20. The first-order chi connectivity index (χ1) is 12.1. The Hall–Kier alpha value is -2.53. The SMILES string of the molecule is CC(C)n1ccc2cc(C=NN=C(N)SCc3ccccc3)ccc21. The summed E-state index contributed by atoms with van der Waals surface area (Å²) in [5.74, 6) is 0.792. The van der Waals surface area contributed by atoms with Crippen LogP contribution in [0.4, 0.5) is 0 Å². The molecule has 0 saturated heterocycles. The summed E-state index contributed by atoms with van der Waals surface area (Å²) in [5.41, 5.74) is 9.37. The third kappa shape index (κ3) is 4.51. The van der Waals surface area contributed by atoms with E-state index in [1.807, 2.05) is 24.3 Å². The van der Waals surface area contributed by atoms with Crippen molar-refractivity contribution in [2.24, 2.45) is 15.9 Å². The minimum Gasteiger partial charge on any atom is -0.377 e. The molecule has 0 aliphatic heterocycles. The van der Waals surface area contributed by atoms with Crippen molar-refractivity contribution in [2.45, 2.75) is 25.6 Å². The lowest BCUT2D eigenvalue weighted by Crippen LogP contribution is -2.06. The maximum absolute atomic E-state index is 5.91. The van der Waals surface area contributed by atoms with Crippen molar-refractivity contribution < 1.29 is 0 Å². The fourth-order valence-electron chi connectivity index (χ4n) is 2.63. The molecule has 1 heterocycles. The number of thioether (sulfide) groups is 1. The highest BCUT2D eigenvalue weighted by atomic mass is 32.2. The molecule has 0 radical (unpaired) electrons. The number of rotatable bonds is 5. The zero-order valence-electron chi connectivity index (χ0n) is 14.5. The Morgan fingerprint density at radius 2 is 1.96 bits per heavy atom. The van der Waals surface area contributed by atoms with Gasteiger partial charge in [0.2, 0.25) is 0 Å². The minimum atomic E-state index is 0.447. The Morgan fingerprint density at radius 1 is 1.16 bits per heavy atom. The molecule has 0 fully saturated rings. The van der Waals surface area contributed by atoms with Gasteiger partial charge in [-0.05, 0) is 43.2 Å². The number of benzene rings is 2. The van der Waals surface area contributed by atoms with E-state index in [0.29, 0.717) is 11.2 Å². The standard InChI is InChI=1S/C20H22N4S/c1-15(2)24-11-10-18-12-17(8-9-19(18)24)13-22-23-20(21)25-14-16-6-4-3-5-7-16/h3-13,15H,14H2,1-2H3,(H2,21,23). The monoisotopic (exact) mass is 350 g/mol. The number of nitrogens with two attached hydrogens (primary N) is 1. The third-order valence-electron chi connectivity index (χ3n) is 3.89. The molecule has 0 amide bonds. The molecular weight excluding hydrogens is 328 g/mol. The van der Waals surface area contributed by atoms with E-state index in [-0.39, 0.29) is 0 Å². The van der Waals surface area contributed by atoms with Gasteiger partial charge >= 0.3 is 0 Å². The molecule has 5 heteroatoms. The van der Waals surface area contributed by atoms with Gasteiger partial charge in [0, 0.05) is 28.9 Å². The Kier molecular flexibility index (Phi) is 5.56. The molecule has 0 spiro atoms. The van der Waals surface area contributed by atoms with Crippen LogP contribution in [0.3, 0.4) is 0 Å². The lowest BCUT2D eigenvalue weighted by molar-refractivity contribution is 0.623. The zero-order chi connectivity index (χ0) is 17.6. The number of nitrogens with zero attached hydrogens (tertiary/aromatic N) is 3. The highest BCUT2D eigenvalue weighted by molar-refractivity contribution is 8.13. The number of hydrogen-bond donors (Lipinski definition) is 1. The van der Waals surface area contributed by atoms with Gasteiger partial charge in [-0.1, -0.05) is 48.2 Å². The maximum Gasteiger partial charge on any atom is 0.180 e. The van der Waals surface area contributed by atoms with Crippen LogP contribution < -0.4 is 5.73 Å². The van der Waals surface area contributed by atoms with Gasteiger partial charge in [-0.2, -0.15) is 5.10 Å². The van der Waals surface area contributed by atoms with E-state index in [1.54, 1.807) is 6.21 Å². The van der Waals surface area contributed by atoms with Crippen LogP contribution >= 0.6 is 11.8 Å². The van der Waals surface area contributed by atoms with Crippen LogP contribution in [0.5, 0.6) is 0 Å². The first kappa shape index (κ1) is 17.3. The van der Waals surface area contributed by atoms with Crippen LogP contribution in [-0.4, -0.2) is 15.9 Å². The summed E-state index contributed by atoms with van der Waals surface area (Å²) in [6, 6.07) is 19.0. The lowest BCUT2D eigenvalue weighted by atomic mass is 10.2. The van der Waals surface area contributed by atoms with Gasteiger partial charge in [-0.15, -0.1) is 5.10 Å². The molecule has 0 atom stereocenters. The predicted octanol–water partition coefficient (Wildman–Crippen LogP) is 4.80. The van der Waals surface area contributed by atoms with Crippen molar-refractivity contribution in [3.05, 3.63) is 71.9 Å². The molecule has 0 saturated carbocycles. The van der Waals surface area contributed by atoms with Crippen molar-refractivity contribution in [1.29, 1.82) is 0 Å². The zero-order valence-corrected chi connectivity index (χ0v) is 15.3. The topological polar surface area (TPSA) is 55.7 Å².